The molecule has 2 aromatic heterocycles. The number of alkyl carbamates (subject to hydrolysis) is 1. The maximum absolute atomic E-state index is 12.9. The highest BCUT2D eigenvalue weighted by molar-refractivity contribution is 7.09. The SMILES string of the molecule is CC[C@@H](CCCNC(=O)OCc1cncs1)NC(=O)[C@@H](NC(=O)N(C)Cc1cncs1)C(C)C. The van der Waals surface area contributed by atoms with E-state index in [-0.39, 0.29) is 30.5 Å². The van der Waals surface area contributed by atoms with E-state index in [0.717, 1.165) is 16.2 Å². The molecule has 0 saturated carbocycles. The zero-order chi connectivity index (χ0) is 24.9. The number of amides is 4. The third kappa shape index (κ3) is 9.64. The van der Waals surface area contributed by atoms with Gasteiger partial charge in [-0.1, -0.05) is 20.8 Å². The Morgan fingerprint density at radius 2 is 1.76 bits per heavy atom. The number of carbonyl (C=O) groups is 3. The second kappa shape index (κ2) is 14.5. The monoisotopic (exact) mass is 510 g/mol. The van der Waals surface area contributed by atoms with Gasteiger partial charge in [0.15, 0.2) is 0 Å². The molecule has 0 fully saturated rings. The standard InChI is InChI=1S/C22H34N6O4S2/c1-5-16(7-6-8-25-22(31)32-12-18-10-24-14-34-18)26-20(29)19(15(2)3)27-21(30)28(4)11-17-9-23-13-33-17/h9-10,13-16,19H,5-8,11-12H2,1-4H3,(H,25,31)(H,26,29)(H,27,30)/t16-,19-/m0/s1. The van der Waals surface area contributed by atoms with Gasteiger partial charge in [-0.3, -0.25) is 14.8 Å². The fourth-order valence-electron chi connectivity index (χ4n) is 3.11. The second-order valence-corrected chi connectivity index (χ2v) is 10.2. The number of hydrogen-bond acceptors (Lipinski definition) is 8. The fraction of sp³-hybridized carbons (Fsp3) is 0.591. The quantitative estimate of drug-likeness (QED) is 0.355. The first kappa shape index (κ1) is 27.5. The van der Waals surface area contributed by atoms with E-state index in [1.165, 1.54) is 27.6 Å². The third-order valence-electron chi connectivity index (χ3n) is 5.12. The molecule has 0 radical (unpaired) electrons. The van der Waals surface area contributed by atoms with Gasteiger partial charge in [-0.15, -0.1) is 22.7 Å². The highest BCUT2D eigenvalue weighted by atomic mass is 32.1. The van der Waals surface area contributed by atoms with Crippen LogP contribution >= 0.6 is 22.7 Å². The number of urea groups is 1. The Hall–Kier alpha value is -2.73. The number of thiazole rings is 2. The number of nitrogens with zero attached hydrogens (tertiary/aromatic N) is 3. The maximum Gasteiger partial charge on any atom is 0.407 e. The smallest absolute Gasteiger partial charge is 0.407 e. The van der Waals surface area contributed by atoms with Gasteiger partial charge < -0.3 is 25.6 Å². The molecule has 34 heavy (non-hydrogen) atoms. The summed E-state index contributed by atoms with van der Waals surface area (Å²) in [7, 11) is 1.69. The van der Waals surface area contributed by atoms with Crippen LogP contribution in [0.5, 0.6) is 0 Å². The molecule has 4 amide bonds. The molecule has 12 heteroatoms. The van der Waals surface area contributed by atoms with E-state index in [0.29, 0.717) is 25.9 Å². The summed E-state index contributed by atoms with van der Waals surface area (Å²) in [5, 5.41) is 8.61. The van der Waals surface area contributed by atoms with Gasteiger partial charge in [0.2, 0.25) is 5.91 Å². The molecule has 0 bridgehead atoms. The summed E-state index contributed by atoms with van der Waals surface area (Å²) >= 11 is 2.90. The molecule has 188 valence electrons. The van der Waals surface area contributed by atoms with Crippen molar-refractivity contribution >= 4 is 40.7 Å². The van der Waals surface area contributed by atoms with E-state index in [4.69, 9.17) is 4.74 Å². The predicted molar refractivity (Wildman–Crippen MR) is 132 cm³/mol. The summed E-state index contributed by atoms with van der Waals surface area (Å²) in [5.41, 5.74) is 3.41. The van der Waals surface area contributed by atoms with Crippen molar-refractivity contribution in [2.45, 2.75) is 65.3 Å². The van der Waals surface area contributed by atoms with Crippen LogP contribution < -0.4 is 16.0 Å². The maximum atomic E-state index is 12.9. The van der Waals surface area contributed by atoms with Crippen molar-refractivity contribution in [2.75, 3.05) is 13.6 Å². The molecule has 2 heterocycles. The molecule has 3 N–H and O–H groups in total. The van der Waals surface area contributed by atoms with Crippen LogP contribution in [0.25, 0.3) is 0 Å². The van der Waals surface area contributed by atoms with Crippen molar-refractivity contribution < 1.29 is 19.1 Å². The Balaban J connectivity index is 1.73. The van der Waals surface area contributed by atoms with E-state index < -0.39 is 12.1 Å². The van der Waals surface area contributed by atoms with Gasteiger partial charge in [0.05, 0.1) is 22.4 Å². The Kier molecular flexibility index (Phi) is 11.7. The van der Waals surface area contributed by atoms with E-state index in [9.17, 15) is 14.4 Å². The van der Waals surface area contributed by atoms with Crippen LogP contribution in [-0.2, 0) is 22.7 Å². The molecular formula is C22H34N6O4S2. The zero-order valence-electron chi connectivity index (χ0n) is 20.1. The van der Waals surface area contributed by atoms with Crippen LogP contribution in [0.4, 0.5) is 9.59 Å². The fourth-order valence-corrected chi connectivity index (χ4v) is 4.27. The Morgan fingerprint density at radius 3 is 2.35 bits per heavy atom. The molecular weight excluding hydrogens is 476 g/mol. The third-order valence-corrected chi connectivity index (χ3v) is 6.64. The van der Waals surface area contributed by atoms with Crippen LogP contribution in [0.15, 0.2) is 23.4 Å². The van der Waals surface area contributed by atoms with E-state index in [1.807, 2.05) is 20.8 Å². The molecule has 0 aliphatic rings. The average Bonchev–Trinajstić information content (AvgIpc) is 3.51. The number of nitrogens with one attached hydrogen (secondary N) is 3. The van der Waals surface area contributed by atoms with Gasteiger partial charge >= 0.3 is 12.1 Å². The zero-order valence-corrected chi connectivity index (χ0v) is 21.7. The van der Waals surface area contributed by atoms with Crippen LogP contribution in [0, 0.1) is 5.92 Å². The lowest BCUT2D eigenvalue weighted by molar-refractivity contribution is -0.124. The molecule has 0 aliphatic carbocycles. The molecule has 0 aliphatic heterocycles. The largest absolute Gasteiger partial charge is 0.444 e. The van der Waals surface area contributed by atoms with Gasteiger partial charge in [-0.25, -0.2) is 9.59 Å². The second-order valence-electron chi connectivity index (χ2n) is 8.22. The lowest BCUT2D eigenvalue weighted by Crippen LogP contribution is -2.54. The highest BCUT2D eigenvalue weighted by Gasteiger charge is 2.27. The van der Waals surface area contributed by atoms with Crippen molar-refractivity contribution in [2.24, 2.45) is 5.92 Å². The number of carbonyl (C=O) groups excluding carboxylic acids is 3. The van der Waals surface area contributed by atoms with Crippen LogP contribution in [0.1, 0.15) is 49.8 Å². The minimum atomic E-state index is -0.648. The van der Waals surface area contributed by atoms with E-state index >= 15 is 0 Å². The predicted octanol–water partition coefficient (Wildman–Crippen LogP) is 3.37. The van der Waals surface area contributed by atoms with Gasteiger partial charge in [-0.2, -0.15) is 0 Å². The molecule has 2 aromatic rings. The van der Waals surface area contributed by atoms with E-state index in [2.05, 4.69) is 25.9 Å². The first-order chi connectivity index (χ1) is 16.3. The molecule has 0 saturated heterocycles. The van der Waals surface area contributed by atoms with Crippen molar-refractivity contribution in [3.05, 3.63) is 33.2 Å². The van der Waals surface area contributed by atoms with Crippen molar-refractivity contribution in [1.82, 2.24) is 30.8 Å². The topological polar surface area (TPSA) is 126 Å². The molecule has 0 aromatic carbocycles. The molecule has 2 atom stereocenters. The van der Waals surface area contributed by atoms with Crippen LogP contribution in [-0.4, -0.2) is 58.6 Å². The summed E-state index contributed by atoms with van der Waals surface area (Å²) in [5.74, 6) is -0.286. The minimum Gasteiger partial charge on any atom is -0.444 e. The van der Waals surface area contributed by atoms with Crippen molar-refractivity contribution in [1.29, 1.82) is 0 Å². The Morgan fingerprint density at radius 1 is 1.09 bits per heavy atom. The summed E-state index contributed by atoms with van der Waals surface area (Å²) in [4.78, 5) is 48.7. The van der Waals surface area contributed by atoms with Gasteiger partial charge in [0, 0.05) is 36.9 Å². The highest BCUT2D eigenvalue weighted by Crippen LogP contribution is 2.11. The lowest BCUT2D eigenvalue weighted by Gasteiger charge is -2.27. The van der Waals surface area contributed by atoms with Crippen LogP contribution in [0.3, 0.4) is 0 Å². The first-order valence-electron chi connectivity index (χ1n) is 11.3. The number of rotatable bonds is 13. The lowest BCUT2D eigenvalue weighted by atomic mass is 10.0. The van der Waals surface area contributed by atoms with Gasteiger partial charge in [-0.05, 0) is 25.2 Å². The normalized spacial score (nSPS) is 12.6. The Bertz CT molecular complexity index is 876. The number of ether oxygens (including phenoxy) is 1. The van der Waals surface area contributed by atoms with Crippen molar-refractivity contribution in [3.8, 4) is 0 Å². The molecule has 0 spiro atoms. The van der Waals surface area contributed by atoms with Gasteiger partial charge in [0.25, 0.3) is 0 Å². The summed E-state index contributed by atoms with van der Waals surface area (Å²) in [6.45, 7) is 6.87. The van der Waals surface area contributed by atoms with Gasteiger partial charge in [0.1, 0.15) is 12.6 Å². The summed E-state index contributed by atoms with van der Waals surface area (Å²) < 4.78 is 5.13. The molecule has 0 unspecified atom stereocenters. The Labute approximate surface area is 208 Å². The summed E-state index contributed by atoms with van der Waals surface area (Å²) in [6.07, 6.45) is 5.04. The molecule has 2 rings (SSSR count). The molecule has 10 nitrogen and oxygen atoms in total. The number of aromatic nitrogens is 2. The first-order valence-corrected chi connectivity index (χ1v) is 13.0. The number of hydrogen-bond donors (Lipinski definition) is 3. The average molecular weight is 511 g/mol. The van der Waals surface area contributed by atoms with Crippen molar-refractivity contribution in [3.63, 3.8) is 0 Å². The minimum absolute atomic E-state index is 0.0596. The summed E-state index contributed by atoms with van der Waals surface area (Å²) in [6, 6.07) is -1.02. The van der Waals surface area contributed by atoms with E-state index in [1.54, 1.807) is 30.5 Å². The van der Waals surface area contributed by atoms with Crippen LogP contribution in [0.2, 0.25) is 0 Å².